The third kappa shape index (κ3) is 2.98. The van der Waals surface area contributed by atoms with Crippen LogP contribution in [0.15, 0.2) is 24.3 Å². The molecule has 0 aromatic heterocycles. The molecule has 1 aromatic rings. The second-order valence-corrected chi connectivity index (χ2v) is 2.43. The maximum atomic E-state index is 10.8. The Balaban J connectivity index is 0.000000561. The standard InChI is InChI=1S/C9H10O.CHN/c1-7-4-3-5-9(6-7)8(2)10;1-2/h3-6H,1-2H3;1H. The quantitative estimate of drug-likeness (QED) is 0.593. The molecule has 0 spiro atoms. The fourth-order valence-corrected chi connectivity index (χ4v) is 0.864. The molecule has 0 saturated carbocycles. The van der Waals surface area contributed by atoms with Crippen LogP contribution < -0.4 is 0 Å². The molecule has 0 radical (unpaired) electrons. The van der Waals surface area contributed by atoms with Crippen molar-refractivity contribution >= 4 is 5.78 Å². The van der Waals surface area contributed by atoms with Gasteiger partial charge < -0.3 is 0 Å². The number of nitrogens with zero attached hydrogens (tertiary/aromatic N) is 1. The fourth-order valence-electron chi connectivity index (χ4n) is 0.864. The lowest BCUT2D eigenvalue weighted by Gasteiger charge is -1.94. The number of Topliss-reactive ketones (excluding diaryl/α,β-unsaturated/α-hetero) is 1. The summed E-state index contributed by atoms with van der Waals surface area (Å²) < 4.78 is 0. The van der Waals surface area contributed by atoms with Crippen LogP contribution in [0.3, 0.4) is 0 Å². The zero-order valence-corrected chi connectivity index (χ0v) is 7.24. The van der Waals surface area contributed by atoms with Crippen LogP contribution in [-0.2, 0) is 0 Å². The number of carbonyl (C=O) groups excluding carboxylic acids is 1. The van der Waals surface area contributed by atoms with E-state index >= 15 is 0 Å². The lowest BCUT2D eigenvalue weighted by molar-refractivity contribution is 0.101. The molecule has 2 nitrogen and oxygen atoms in total. The minimum atomic E-state index is 0.128. The number of hydrogen-bond acceptors (Lipinski definition) is 2. The number of benzene rings is 1. The number of hydrogen-bond donors (Lipinski definition) is 0. The normalized spacial score (nSPS) is 8.00. The van der Waals surface area contributed by atoms with Crippen molar-refractivity contribution in [1.29, 1.82) is 5.26 Å². The maximum absolute atomic E-state index is 10.8. The molecule has 0 aliphatic rings. The van der Waals surface area contributed by atoms with Gasteiger partial charge in [-0.25, -0.2) is 5.26 Å². The Morgan fingerprint density at radius 1 is 1.42 bits per heavy atom. The van der Waals surface area contributed by atoms with Gasteiger partial charge in [-0.2, -0.15) is 0 Å². The highest BCUT2D eigenvalue weighted by Gasteiger charge is 1.95. The first-order chi connectivity index (χ1) is 5.70. The van der Waals surface area contributed by atoms with Gasteiger partial charge in [0.05, 0.1) is 0 Å². The Bertz CT molecular complexity index is 289. The Kier molecular flexibility index (Phi) is 4.40. The first-order valence-corrected chi connectivity index (χ1v) is 3.53. The summed E-state index contributed by atoms with van der Waals surface area (Å²) in [5.41, 5.74) is 1.92. The molecule has 12 heavy (non-hydrogen) atoms. The van der Waals surface area contributed by atoms with E-state index in [9.17, 15) is 4.79 Å². The van der Waals surface area contributed by atoms with E-state index in [1.165, 1.54) is 0 Å². The summed E-state index contributed by atoms with van der Waals surface area (Å²) in [4.78, 5) is 10.8. The van der Waals surface area contributed by atoms with E-state index in [-0.39, 0.29) is 5.78 Å². The Morgan fingerprint density at radius 2 is 2.00 bits per heavy atom. The van der Waals surface area contributed by atoms with Crippen LogP contribution >= 0.6 is 0 Å². The molecular weight excluding hydrogens is 150 g/mol. The molecule has 1 rings (SSSR count). The van der Waals surface area contributed by atoms with Crippen LogP contribution in [0.4, 0.5) is 0 Å². The smallest absolute Gasteiger partial charge is 0.159 e. The summed E-state index contributed by atoms with van der Waals surface area (Å²) in [7, 11) is 0. The molecular formula is C10H11NO. The van der Waals surface area contributed by atoms with E-state index in [2.05, 4.69) is 6.57 Å². The molecule has 0 aliphatic carbocycles. The zero-order valence-electron chi connectivity index (χ0n) is 7.24. The maximum Gasteiger partial charge on any atom is 0.159 e. The predicted octanol–water partition coefficient (Wildman–Crippen LogP) is 2.34. The third-order valence-electron chi connectivity index (χ3n) is 1.42. The van der Waals surface area contributed by atoms with Gasteiger partial charge in [0.1, 0.15) is 0 Å². The van der Waals surface area contributed by atoms with Crippen LogP contribution in [0.25, 0.3) is 0 Å². The topological polar surface area (TPSA) is 40.9 Å². The van der Waals surface area contributed by atoms with Gasteiger partial charge in [0.25, 0.3) is 0 Å². The Hall–Kier alpha value is -1.62. The van der Waals surface area contributed by atoms with Crippen molar-refractivity contribution in [2.75, 3.05) is 0 Å². The molecule has 0 amide bonds. The van der Waals surface area contributed by atoms with Gasteiger partial charge >= 0.3 is 0 Å². The molecule has 0 unspecified atom stereocenters. The second kappa shape index (κ2) is 5.09. The number of rotatable bonds is 1. The molecule has 0 fully saturated rings. The van der Waals surface area contributed by atoms with Crippen LogP contribution in [0, 0.1) is 18.8 Å². The van der Waals surface area contributed by atoms with Crippen molar-refractivity contribution in [2.24, 2.45) is 0 Å². The van der Waals surface area contributed by atoms with Crippen molar-refractivity contribution in [2.45, 2.75) is 13.8 Å². The van der Waals surface area contributed by atoms with Crippen molar-refractivity contribution in [1.82, 2.24) is 0 Å². The number of ketones is 1. The molecule has 0 heterocycles. The molecule has 0 saturated heterocycles. The monoisotopic (exact) mass is 161 g/mol. The van der Waals surface area contributed by atoms with E-state index in [1.54, 1.807) is 6.92 Å². The lowest BCUT2D eigenvalue weighted by Crippen LogP contribution is -1.90. The summed E-state index contributed by atoms with van der Waals surface area (Å²) in [5.74, 6) is 0.128. The van der Waals surface area contributed by atoms with Gasteiger partial charge in [-0.1, -0.05) is 23.8 Å². The van der Waals surface area contributed by atoms with Gasteiger partial charge in [-0.15, -0.1) is 0 Å². The molecule has 62 valence electrons. The first-order valence-electron chi connectivity index (χ1n) is 3.53. The third-order valence-corrected chi connectivity index (χ3v) is 1.42. The fraction of sp³-hybridized carbons (Fsp3) is 0.200. The molecule has 0 aliphatic heterocycles. The van der Waals surface area contributed by atoms with Crippen molar-refractivity contribution in [3.05, 3.63) is 35.4 Å². The number of nitriles is 1. The molecule has 1 aromatic carbocycles. The Morgan fingerprint density at radius 3 is 2.33 bits per heavy atom. The lowest BCUT2D eigenvalue weighted by atomic mass is 10.1. The van der Waals surface area contributed by atoms with E-state index in [0.29, 0.717) is 0 Å². The molecule has 0 atom stereocenters. The highest BCUT2D eigenvalue weighted by Crippen LogP contribution is 2.03. The zero-order chi connectivity index (χ0) is 9.56. The minimum Gasteiger partial charge on any atom is -0.295 e. The van der Waals surface area contributed by atoms with E-state index < -0.39 is 0 Å². The van der Waals surface area contributed by atoms with Crippen LogP contribution in [-0.4, -0.2) is 5.78 Å². The molecule has 0 bridgehead atoms. The van der Waals surface area contributed by atoms with Crippen LogP contribution in [0.2, 0.25) is 0 Å². The van der Waals surface area contributed by atoms with Crippen molar-refractivity contribution in [3.63, 3.8) is 0 Å². The second-order valence-electron chi connectivity index (χ2n) is 2.43. The average molecular weight is 161 g/mol. The molecule has 0 N–H and O–H groups in total. The van der Waals surface area contributed by atoms with Crippen LogP contribution in [0.1, 0.15) is 22.8 Å². The summed E-state index contributed by atoms with van der Waals surface area (Å²) >= 11 is 0. The van der Waals surface area contributed by atoms with E-state index in [4.69, 9.17) is 5.26 Å². The van der Waals surface area contributed by atoms with Crippen LogP contribution in [0.5, 0.6) is 0 Å². The van der Waals surface area contributed by atoms with Gasteiger partial charge in [0, 0.05) is 12.1 Å². The first kappa shape index (κ1) is 10.4. The molecule has 2 heteroatoms. The summed E-state index contributed by atoms with van der Waals surface area (Å²) in [5, 5.41) is 6.50. The summed E-state index contributed by atoms with van der Waals surface area (Å²) in [6.45, 7) is 7.06. The largest absolute Gasteiger partial charge is 0.295 e. The summed E-state index contributed by atoms with van der Waals surface area (Å²) in [6, 6.07) is 7.59. The van der Waals surface area contributed by atoms with Gasteiger partial charge in [-0.05, 0) is 19.9 Å². The summed E-state index contributed by atoms with van der Waals surface area (Å²) in [6.07, 6.45) is 0. The highest BCUT2D eigenvalue weighted by atomic mass is 16.1. The van der Waals surface area contributed by atoms with E-state index in [0.717, 1.165) is 11.1 Å². The van der Waals surface area contributed by atoms with Crippen molar-refractivity contribution < 1.29 is 4.79 Å². The predicted molar refractivity (Wildman–Crippen MR) is 47.9 cm³/mol. The van der Waals surface area contributed by atoms with E-state index in [1.807, 2.05) is 31.2 Å². The average Bonchev–Trinajstić information content (AvgIpc) is 2.08. The van der Waals surface area contributed by atoms with Gasteiger partial charge in [0.15, 0.2) is 5.78 Å². The minimum absolute atomic E-state index is 0.128. The van der Waals surface area contributed by atoms with Crippen molar-refractivity contribution in [3.8, 4) is 6.57 Å². The number of aryl methyl sites for hydroxylation is 1. The van der Waals surface area contributed by atoms with Gasteiger partial charge in [-0.3, -0.25) is 4.79 Å². The highest BCUT2D eigenvalue weighted by molar-refractivity contribution is 5.94. The SMILES string of the molecule is C#N.CC(=O)c1cccc(C)c1. The Labute approximate surface area is 72.5 Å². The van der Waals surface area contributed by atoms with Gasteiger partial charge in [0.2, 0.25) is 0 Å². The number of carbonyl (C=O) groups is 1.